The van der Waals surface area contributed by atoms with E-state index in [2.05, 4.69) is 15.1 Å². The Morgan fingerprint density at radius 1 is 1.08 bits per heavy atom. The van der Waals surface area contributed by atoms with Crippen LogP contribution in [0.5, 0.6) is 5.75 Å². The summed E-state index contributed by atoms with van der Waals surface area (Å²) >= 11 is 6.14. The quantitative estimate of drug-likeness (QED) is 0.562. The van der Waals surface area contributed by atoms with E-state index in [0.717, 1.165) is 11.3 Å². The van der Waals surface area contributed by atoms with Crippen molar-refractivity contribution in [3.63, 3.8) is 0 Å². The van der Waals surface area contributed by atoms with Crippen LogP contribution in [0, 0.1) is 6.92 Å². The van der Waals surface area contributed by atoms with Crippen molar-refractivity contribution in [2.75, 3.05) is 12.1 Å². The molecule has 0 fully saturated rings. The lowest BCUT2D eigenvalue weighted by molar-refractivity contribution is 0.477. The molecule has 0 aliphatic heterocycles. The average molecular weight is 353 g/mol. The van der Waals surface area contributed by atoms with Crippen molar-refractivity contribution in [3.05, 3.63) is 70.9 Å². The van der Waals surface area contributed by atoms with Crippen LogP contribution in [0.15, 0.2) is 59.7 Å². The molecule has 0 atom stereocenters. The van der Waals surface area contributed by atoms with Gasteiger partial charge in [-0.15, -0.1) is 0 Å². The van der Waals surface area contributed by atoms with Crippen LogP contribution >= 0.6 is 11.6 Å². The van der Waals surface area contributed by atoms with Gasteiger partial charge in [0.2, 0.25) is 0 Å². The van der Waals surface area contributed by atoms with Crippen LogP contribution in [0.3, 0.4) is 0 Å². The van der Waals surface area contributed by atoms with E-state index < -0.39 is 0 Å². The summed E-state index contributed by atoms with van der Waals surface area (Å²) in [5, 5.41) is 16.7. The molecule has 2 aromatic carbocycles. The minimum Gasteiger partial charge on any atom is -0.507 e. The van der Waals surface area contributed by atoms with E-state index in [0.29, 0.717) is 22.2 Å². The lowest BCUT2D eigenvalue weighted by atomic mass is 10.2. The Morgan fingerprint density at radius 3 is 2.56 bits per heavy atom. The first kappa shape index (κ1) is 16.9. The fourth-order valence-corrected chi connectivity index (χ4v) is 2.47. The Kier molecular flexibility index (Phi) is 4.95. The first-order valence-electron chi connectivity index (χ1n) is 7.71. The zero-order chi connectivity index (χ0) is 17.8. The molecule has 0 saturated heterocycles. The van der Waals surface area contributed by atoms with E-state index in [1.165, 1.54) is 0 Å². The number of nitrogens with zero attached hydrogens (tertiary/aromatic N) is 4. The van der Waals surface area contributed by atoms with Gasteiger partial charge in [0.25, 0.3) is 0 Å². The maximum absolute atomic E-state index is 10.0. The number of phenols is 1. The molecule has 0 aliphatic rings. The summed E-state index contributed by atoms with van der Waals surface area (Å²) in [7, 11) is 1.80. The number of anilines is 1. The molecule has 0 aliphatic carbocycles. The van der Waals surface area contributed by atoms with Crippen LogP contribution in [0.1, 0.15) is 11.3 Å². The molecule has 1 heterocycles. The maximum Gasteiger partial charge on any atom is 0.165 e. The number of benzene rings is 2. The van der Waals surface area contributed by atoms with Gasteiger partial charge in [-0.3, -0.25) is 5.01 Å². The summed E-state index contributed by atoms with van der Waals surface area (Å²) in [6.45, 7) is 1.88. The van der Waals surface area contributed by atoms with Gasteiger partial charge in [-0.05, 0) is 25.1 Å². The van der Waals surface area contributed by atoms with E-state index in [1.807, 2.05) is 43.3 Å². The van der Waals surface area contributed by atoms with Crippen LogP contribution in [0.4, 0.5) is 5.82 Å². The molecule has 0 bridgehead atoms. The second-order valence-electron chi connectivity index (χ2n) is 5.50. The molecular weight excluding hydrogens is 336 g/mol. The first-order valence-corrected chi connectivity index (χ1v) is 8.08. The number of hydrogen-bond acceptors (Lipinski definition) is 5. The van der Waals surface area contributed by atoms with E-state index in [1.54, 1.807) is 36.5 Å². The van der Waals surface area contributed by atoms with Gasteiger partial charge in [0.15, 0.2) is 11.6 Å². The standard InChI is InChI=1S/C19H17ClN4O/c1-13-11-18(23-19(22-13)15-8-4-6-10-17(15)25)24(2)21-12-14-7-3-5-9-16(14)20/h3-12,25H,1-2H3. The second kappa shape index (κ2) is 7.32. The molecule has 126 valence electrons. The smallest absolute Gasteiger partial charge is 0.165 e. The van der Waals surface area contributed by atoms with Crippen LogP contribution in [0.25, 0.3) is 11.4 Å². The predicted octanol–water partition coefficient (Wildman–Crippen LogP) is 4.28. The van der Waals surface area contributed by atoms with E-state index >= 15 is 0 Å². The molecule has 0 radical (unpaired) electrons. The first-order chi connectivity index (χ1) is 12.0. The number of halogens is 1. The predicted molar refractivity (Wildman–Crippen MR) is 101 cm³/mol. The monoisotopic (exact) mass is 352 g/mol. The zero-order valence-electron chi connectivity index (χ0n) is 13.9. The van der Waals surface area contributed by atoms with Gasteiger partial charge in [0.05, 0.1) is 11.8 Å². The molecule has 1 N–H and O–H groups in total. The highest BCUT2D eigenvalue weighted by molar-refractivity contribution is 6.33. The van der Waals surface area contributed by atoms with Gasteiger partial charge in [0.1, 0.15) is 5.75 Å². The number of hydrazone groups is 1. The van der Waals surface area contributed by atoms with Crippen molar-refractivity contribution in [1.82, 2.24) is 9.97 Å². The number of aromatic nitrogens is 2. The minimum atomic E-state index is 0.140. The SMILES string of the molecule is Cc1cc(N(C)N=Cc2ccccc2Cl)nc(-c2ccccc2O)n1. The van der Waals surface area contributed by atoms with Crippen molar-refractivity contribution in [3.8, 4) is 17.1 Å². The summed E-state index contributed by atoms with van der Waals surface area (Å²) in [5.41, 5.74) is 2.18. The van der Waals surface area contributed by atoms with Crippen LogP contribution in [-0.4, -0.2) is 28.3 Å². The molecule has 0 spiro atoms. The Hall–Kier alpha value is -2.92. The maximum atomic E-state index is 10.0. The fourth-order valence-electron chi connectivity index (χ4n) is 2.29. The number of hydrogen-bond donors (Lipinski definition) is 1. The molecule has 5 nitrogen and oxygen atoms in total. The molecule has 3 aromatic rings. The van der Waals surface area contributed by atoms with Crippen molar-refractivity contribution < 1.29 is 5.11 Å². The molecular formula is C19H17ClN4O. The van der Waals surface area contributed by atoms with E-state index in [-0.39, 0.29) is 5.75 Å². The third-order valence-electron chi connectivity index (χ3n) is 3.59. The van der Waals surface area contributed by atoms with E-state index in [9.17, 15) is 5.11 Å². The van der Waals surface area contributed by atoms with Gasteiger partial charge in [-0.1, -0.05) is 41.9 Å². The number of aryl methyl sites for hydroxylation is 1. The highest BCUT2D eigenvalue weighted by Gasteiger charge is 2.11. The highest BCUT2D eigenvalue weighted by Crippen LogP contribution is 2.27. The van der Waals surface area contributed by atoms with Crippen molar-refractivity contribution >= 4 is 23.6 Å². The van der Waals surface area contributed by atoms with Gasteiger partial charge in [-0.2, -0.15) is 5.10 Å². The van der Waals surface area contributed by atoms with Crippen molar-refractivity contribution in [2.45, 2.75) is 6.92 Å². The largest absolute Gasteiger partial charge is 0.507 e. The summed E-state index contributed by atoms with van der Waals surface area (Å²) in [5.74, 6) is 1.21. The summed E-state index contributed by atoms with van der Waals surface area (Å²) in [4.78, 5) is 8.92. The molecule has 0 amide bonds. The zero-order valence-corrected chi connectivity index (χ0v) is 14.6. The summed E-state index contributed by atoms with van der Waals surface area (Å²) in [6.07, 6.45) is 1.68. The Labute approximate surface area is 151 Å². The van der Waals surface area contributed by atoms with Gasteiger partial charge < -0.3 is 5.11 Å². The second-order valence-corrected chi connectivity index (χ2v) is 5.91. The minimum absolute atomic E-state index is 0.140. The molecule has 3 rings (SSSR count). The summed E-state index contributed by atoms with van der Waals surface area (Å²) < 4.78 is 0. The Morgan fingerprint density at radius 2 is 1.80 bits per heavy atom. The van der Waals surface area contributed by atoms with Gasteiger partial charge in [0, 0.05) is 29.4 Å². The lowest BCUT2D eigenvalue weighted by Crippen LogP contribution is -2.12. The van der Waals surface area contributed by atoms with Gasteiger partial charge >= 0.3 is 0 Å². The van der Waals surface area contributed by atoms with Crippen molar-refractivity contribution in [1.29, 1.82) is 0 Å². The molecule has 1 aromatic heterocycles. The third kappa shape index (κ3) is 3.95. The summed E-state index contributed by atoms with van der Waals surface area (Å²) in [6, 6.07) is 16.3. The van der Waals surface area contributed by atoms with Crippen molar-refractivity contribution in [2.24, 2.45) is 5.10 Å². The number of aromatic hydroxyl groups is 1. The van der Waals surface area contributed by atoms with Crippen LogP contribution < -0.4 is 5.01 Å². The highest BCUT2D eigenvalue weighted by atomic mass is 35.5. The normalized spacial score (nSPS) is 11.0. The number of rotatable bonds is 4. The Bertz CT molecular complexity index is 927. The van der Waals surface area contributed by atoms with Gasteiger partial charge in [-0.25, -0.2) is 9.97 Å². The number of para-hydroxylation sites is 1. The lowest BCUT2D eigenvalue weighted by Gasteiger charge is -2.14. The van der Waals surface area contributed by atoms with Crippen LogP contribution in [0.2, 0.25) is 5.02 Å². The van der Waals surface area contributed by atoms with E-state index in [4.69, 9.17) is 11.6 Å². The molecule has 6 heteroatoms. The Balaban J connectivity index is 1.92. The molecule has 0 unspecified atom stereocenters. The molecule has 0 saturated carbocycles. The molecule has 25 heavy (non-hydrogen) atoms. The fraction of sp³-hybridized carbons (Fsp3) is 0.105. The number of phenolic OH excluding ortho intramolecular Hbond substituents is 1. The topological polar surface area (TPSA) is 61.6 Å². The third-order valence-corrected chi connectivity index (χ3v) is 3.94. The van der Waals surface area contributed by atoms with Crippen LogP contribution in [-0.2, 0) is 0 Å². The average Bonchev–Trinajstić information content (AvgIpc) is 2.60.